The van der Waals surface area contributed by atoms with Crippen LogP contribution in [0.5, 0.6) is 11.5 Å². The third-order valence-electron chi connectivity index (χ3n) is 2.34. The van der Waals surface area contributed by atoms with E-state index >= 15 is 0 Å². The summed E-state index contributed by atoms with van der Waals surface area (Å²) in [5, 5.41) is 8.74. The van der Waals surface area contributed by atoms with Crippen LogP contribution < -0.4 is 9.47 Å². The number of esters is 1. The standard InChI is InChI=1S/C12H12O7/c1-17-8-5-6(12(16)19-3)4-7(10(8)18-2)9(13)11(14)15/h4-5H,1-3H3,(H,14,15). The third-order valence-corrected chi connectivity index (χ3v) is 2.34. The monoisotopic (exact) mass is 268 g/mol. The van der Waals surface area contributed by atoms with Crippen molar-refractivity contribution in [1.29, 1.82) is 0 Å². The minimum atomic E-state index is -1.66. The predicted octanol–water partition coefficient (Wildman–Crippen LogP) is 0.758. The Bertz CT molecular complexity index is 533. The summed E-state index contributed by atoms with van der Waals surface area (Å²) in [7, 11) is 3.72. The Morgan fingerprint density at radius 3 is 2.11 bits per heavy atom. The lowest BCUT2D eigenvalue weighted by molar-refractivity contribution is -0.131. The lowest BCUT2D eigenvalue weighted by Crippen LogP contribution is -2.16. The smallest absolute Gasteiger partial charge is 0.377 e. The third kappa shape index (κ3) is 2.82. The zero-order valence-electron chi connectivity index (χ0n) is 10.6. The molecular formula is C12H12O7. The Kier molecular flexibility index (Phi) is 4.46. The SMILES string of the molecule is COC(=O)c1cc(OC)c(OC)c(C(=O)C(=O)O)c1. The molecule has 1 aromatic rings. The molecule has 0 aromatic heterocycles. The Labute approximate surface area is 108 Å². The molecular weight excluding hydrogens is 256 g/mol. The highest BCUT2D eigenvalue weighted by molar-refractivity contribution is 6.40. The number of carbonyl (C=O) groups is 3. The lowest BCUT2D eigenvalue weighted by atomic mass is 10.0. The molecule has 0 aliphatic heterocycles. The number of ether oxygens (including phenoxy) is 3. The zero-order chi connectivity index (χ0) is 14.6. The highest BCUT2D eigenvalue weighted by atomic mass is 16.5. The number of carboxylic acid groups (broad SMARTS) is 1. The second-order valence-corrected chi connectivity index (χ2v) is 3.39. The first-order chi connectivity index (χ1) is 8.96. The Balaban J connectivity index is 3.52. The molecule has 0 aliphatic rings. The van der Waals surface area contributed by atoms with Crippen molar-refractivity contribution < 1.29 is 33.7 Å². The van der Waals surface area contributed by atoms with Gasteiger partial charge in [0.15, 0.2) is 11.5 Å². The average Bonchev–Trinajstić information content (AvgIpc) is 2.43. The fourth-order valence-electron chi connectivity index (χ4n) is 1.48. The summed E-state index contributed by atoms with van der Waals surface area (Å²) >= 11 is 0. The fourth-order valence-corrected chi connectivity index (χ4v) is 1.48. The topological polar surface area (TPSA) is 99.1 Å². The number of aliphatic carboxylic acids is 1. The highest BCUT2D eigenvalue weighted by Gasteiger charge is 2.25. The molecule has 1 rings (SSSR count). The quantitative estimate of drug-likeness (QED) is 0.478. The van der Waals surface area contributed by atoms with E-state index < -0.39 is 17.7 Å². The second kappa shape index (κ2) is 5.85. The van der Waals surface area contributed by atoms with Crippen molar-refractivity contribution in [2.24, 2.45) is 0 Å². The molecule has 0 amide bonds. The van der Waals surface area contributed by atoms with Gasteiger partial charge in [-0.1, -0.05) is 0 Å². The first kappa shape index (κ1) is 14.5. The molecule has 102 valence electrons. The van der Waals surface area contributed by atoms with Gasteiger partial charge in [-0.2, -0.15) is 0 Å². The van der Waals surface area contributed by atoms with Crippen molar-refractivity contribution in [3.63, 3.8) is 0 Å². The number of carboxylic acids is 1. The summed E-state index contributed by atoms with van der Waals surface area (Å²) in [6.45, 7) is 0. The van der Waals surface area contributed by atoms with E-state index in [1.807, 2.05) is 0 Å². The Morgan fingerprint density at radius 2 is 1.68 bits per heavy atom. The van der Waals surface area contributed by atoms with Gasteiger partial charge in [-0.15, -0.1) is 0 Å². The van der Waals surface area contributed by atoms with Crippen LogP contribution in [0, 0.1) is 0 Å². The summed E-state index contributed by atoms with van der Waals surface area (Å²) in [5.74, 6) is -3.58. The van der Waals surface area contributed by atoms with E-state index in [4.69, 9.17) is 14.6 Å². The van der Waals surface area contributed by atoms with Crippen molar-refractivity contribution in [3.05, 3.63) is 23.3 Å². The molecule has 19 heavy (non-hydrogen) atoms. The van der Waals surface area contributed by atoms with Gasteiger partial charge in [0.25, 0.3) is 5.78 Å². The number of carbonyl (C=O) groups excluding carboxylic acids is 2. The number of Topliss-reactive ketones (excluding diaryl/α,β-unsaturated/α-hetero) is 1. The van der Waals surface area contributed by atoms with E-state index in [1.54, 1.807) is 0 Å². The maximum atomic E-state index is 11.6. The number of benzene rings is 1. The van der Waals surface area contributed by atoms with Gasteiger partial charge in [0.05, 0.1) is 32.5 Å². The molecule has 7 nitrogen and oxygen atoms in total. The van der Waals surface area contributed by atoms with E-state index in [2.05, 4.69) is 4.74 Å². The Morgan fingerprint density at radius 1 is 1.05 bits per heavy atom. The van der Waals surface area contributed by atoms with Gasteiger partial charge in [0.2, 0.25) is 0 Å². The number of rotatable bonds is 5. The van der Waals surface area contributed by atoms with E-state index in [0.29, 0.717) is 0 Å². The van der Waals surface area contributed by atoms with Crippen LogP contribution in [0.3, 0.4) is 0 Å². The van der Waals surface area contributed by atoms with Gasteiger partial charge in [0, 0.05) is 0 Å². The summed E-state index contributed by atoms with van der Waals surface area (Å²) in [6.07, 6.45) is 0. The molecule has 0 spiro atoms. The minimum absolute atomic E-state index is 0.00949. The number of ketones is 1. The zero-order valence-corrected chi connectivity index (χ0v) is 10.6. The number of hydrogen-bond donors (Lipinski definition) is 1. The normalized spacial score (nSPS) is 9.63. The van der Waals surface area contributed by atoms with Crippen molar-refractivity contribution in [1.82, 2.24) is 0 Å². The molecule has 0 saturated carbocycles. The van der Waals surface area contributed by atoms with Crippen LogP contribution in [0.25, 0.3) is 0 Å². The van der Waals surface area contributed by atoms with Crippen LogP contribution in [0.2, 0.25) is 0 Å². The largest absolute Gasteiger partial charge is 0.493 e. The Hall–Kier alpha value is -2.57. The van der Waals surface area contributed by atoms with Crippen molar-refractivity contribution in [2.75, 3.05) is 21.3 Å². The van der Waals surface area contributed by atoms with Gasteiger partial charge in [0.1, 0.15) is 0 Å². The first-order valence-corrected chi connectivity index (χ1v) is 5.08. The molecule has 0 radical (unpaired) electrons. The summed E-state index contributed by atoms with van der Waals surface area (Å²) in [4.78, 5) is 33.8. The number of hydrogen-bond acceptors (Lipinski definition) is 6. The molecule has 0 unspecified atom stereocenters. The van der Waals surface area contributed by atoms with Gasteiger partial charge in [-0.05, 0) is 12.1 Å². The first-order valence-electron chi connectivity index (χ1n) is 5.08. The van der Waals surface area contributed by atoms with E-state index in [9.17, 15) is 14.4 Å². The maximum absolute atomic E-state index is 11.6. The number of methoxy groups -OCH3 is 3. The molecule has 7 heteroatoms. The molecule has 0 heterocycles. The molecule has 0 atom stereocenters. The summed E-state index contributed by atoms with van der Waals surface area (Å²) in [5.41, 5.74) is -0.292. The van der Waals surface area contributed by atoms with Crippen molar-refractivity contribution in [3.8, 4) is 11.5 Å². The van der Waals surface area contributed by atoms with Gasteiger partial charge >= 0.3 is 11.9 Å². The predicted molar refractivity (Wildman–Crippen MR) is 62.9 cm³/mol. The van der Waals surface area contributed by atoms with Crippen LogP contribution in [0.4, 0.5) is 0 Å². The van der Waals surface area contributed by atoms with Gasteiger partial charge in [-0.3, -0.25) is 4.79 Å². The van der Waals surface area contributed by atoms with Crippen molar-refractivity contribution in [2.45, 2.75) is 0 Å². The molecule has 1 N–H and O–H groups in total. The van der Waals surface area contributed by atoms with Crippen molar-refractivity contribution >= 4 is 17.7 Å². The van der Waals surface area contributed by atoms with E-state index in [0.717, 1.165) is 13.2 Å². The lowest BCUT2D eigenvalue weighted by Gasteiger charge is -2.12. The van der Waals surface area contributed by atoms with Crippen LogP contribution in [-0.2, 0) is 9.53 Å². The van der Waals surface area contributed by atoms with Gasteiger partial charge in [-0.25, -0.2) is 9.59 Å². The fraction of sp³-hybridized carbons (Fsp3) is 0.250. The molecule has 0 bridgehead atoms. The van der Waals surface area contributed by atoms with Crippen LogP contribution in [0.1, 0.15) is 20.7 Å². The highest BCUT2D eigenvalue weighted by Crippen LogP contribution is 2.33. The average molecular weight is 268 g/mol. The minimum Gasteiger partial charge on any atom is -0.493 e. The summed E-state index contributed by atoms with van der Waals surface area (Å²) < 4.78 is 14.4. The summed E-state index contributed by atoms with van der Waals surface area (Å²) in [6, 6.07) is 2.38. The second-order valence-electron chi connectivity index (χ2n) is 3.39. The van der Waals surface area contributed by atoms with Crippen LogP contribution >= 0.6 is 0 Å². The van der Waals surface area contributed by atoms with Gasteiger partial charge < -0.3 is 19.3 Å². The molecule has 0 fully saturated rings. The van der Waals surface area contributed by atoms with E-state index in [1.165, 1.54) is 20.3 Å². The van der Waals surface area contributed by atoms with Crippen LogP contribution in [-0.4, -0.2) is 44.2 Å². The molecule has 1 aromatic carbocycles. The molecule has 0 aliphatic carbocycles. The van der Waals surface area contributed by atoms with Crippen LogP contribution in [0.15, 0.2) is 12.1 Å². The maximum Gasteiger partial charge on any atom is 0.377 e. The van der Waals surface area contributed by atoms with E-state index in [-0.39, 0.29) is 22.6 Å². The molecule has 0 saturated heterocycles.